The lowest BCUT2D eigenvalue weighted by molar-refractivity contribution is 0.729. The number of nitrogens with two attached hydrogens (primary N) is 1. The number of aryl methyl sites for hydroxylation is 1. The van der Waals surface area contributed by atoms with Crippen molar-refractivity contribution in [2.45, 2.75) is 19.9 Å². The number of hydrogen-bond acceptors (Lipinski definition) is 7. The first-order valence-electron chi connectivity index (χ1n) is 9.04. The van der Waals surface area contributed by atoms with Crippen molar-refractivity contribution in [1.82, 2.24) is 24.5 Å². The quantitative estimate of drug-likeness (QED) is 0.492. The van der Waals surface area contributed by atoms with E-state index in [0.717, 1.165) is 0 Å². The van der Waals surface area contributed by atoms with Gasteiger partial charge >= 0.3 is 0 Å². The zero-order valence-corrected chi connectivity index (χ0v) is 17.6. The molecule has 0 radical (unpaired) electrons. The normalized spacial score (nSPS) is 12.1. The second-order valence-corrected chi connectivity index (χ2v) is 7.43. The molecule has 4 aromatic rings. The molecule has 8 nitrogen and oxygen atoms in total. The van der Waals surface area contributed by atoms with E-state index in [1.165, 1.54) is 4.57 Å². The summed E-state index contributed by atoms with van der Waals surface area (Å²) in [7, 11) is 0. The third kappa shape index (κ3) is 3.55. The number of aromatic nitrogens is 5. The minimum Gasteiger partial charge on any atom is -0.382 e. The smallest absolute Gasteiger partial charge is 0.267 e. The maximum Gasteiger partial charge on any atom is 0.267 e. The summed E-state index contributed by atoms with van der Waals surface area (Å²) in [4.78, 5) is 30.6. The number of halogens is 2. The van der Waals surface area contributed by atoms with E-state index >= 15 is 0 Å². The van der Waals surface area contributed by atoms with Crippen LogP contribution in [0.5, 0.6) is 0 Å². The molecule has 0 aliphatic carbocycles. The SMILES string of the molecule is Cc1nc(N)c(Cl)c(N[C@@H](C)c2nc3cccc(Cl)c3c(=O)n2-c2cccnc2)n1. The van der Waals surface area contributed by atoms with Gasteiger partial charge in [-0.15, -0.1) is 0 Å². The van der Waals surface area contributed by atoms with Crippen LogP contribution in [0.4, 0.5) is 11.6 Å². The fourth-order valence-electron chi connectivity index (χ4n) is 3.18. The van der Waals surface area contributed by atoms with E-state index in [4.69, 9.17) is 33.9 Å². The first-order valence-corrected chi connectivity index (χ1v) is 9.80. The van der Waals surface area contributed by atoms with Crippen molar-refractivity contribution in [2.24, 2.45) is 0 Å². The Morgan fingerprint density at radius 2 is 1.93 bits per heavy atom. The molecule has 0 amide bonds. The van der Waals surface area contributed by atoms with E-state index < -0.39 is 6.04 Å². The van der Waals surface area contributed by atoms with E-state index in [-0.39, 0.29) is 16.4 Å². The molecule has 30 heavy (non-hydrogen) atoms. The van der Waals surface area contributed by atoms with Crippen molar-refractivity contribution in [3.63, 3.8) is 0 Å². The van der Waals surface area contributed by atoms with Crippen molar-refractivity contribution >= 4 is 45.7 Å². The zero-order chi connectivity index (χ0) is 21.4. The largest absolute Gasteiger partial charge is 0.382 e. The second kappa shape index (κ2) is 7.89. The molecule has 0 unspecified atom stereocenters. The van der Waals surface area contributed by atoms with Crippen LogP contribution in [-0.4, -0.2) is 24.5 Å². The van der Waals surface area contributed by atoms with Crippen molar-refractivity contribution in [1.29, 1.82) is 0 Å². The van der Waals surface area contributed by atoms with Gasteiger partial charge in [-0.2, -0.15) is 0 Å². The van der Waals surface area contributed by atoms with Gasteiger partial charge in [0.25, 0.3) is 5.56 Å². The Balaban J connectivity index is 1.93. The molecule has 0 spiro atoms. The number of hydrogen-bond donors (Lipinski definition) is 2. The molecule has 3 aromatic heterocycles. The molecule has 0 aliphatic rings. The van der Waals surface area contributed by atoms with Crippen LogP contribution >= 0.6 is 23.2 Å². The molecule has 0 saturated carbocycles. The Kier molecular flexibility index (Phi) is 5.27. The van der Waals surface area contributed by atoms with Crippen molar-refractivity contribution < 1.29 is 0 Å². The van der Waals surface area contributed by atoms with Gasteiger partial charge < -0.3 is 11.1 Å². The number of benzene rings is 1. The number of nitrogens with zero attached hydrogens (tertiary/aromatic N) is 5. The van der Waals surface area contributed by atoms with Crippen molar-refractivity contribution in [3.8, 4) is 5.69 Å². The fourth-order valence-corrected chi connectivity index (χ4v) is 3.57. The highest BCUT2D eigenvalue weighted by atomic mass is 35.5. The minimum absolute atomic E-state index is 0.168. The van der Waals surface area contributed by atoms with E-state index in [0.29, 0.717) is 39.1 Å². The van der Waals surface area contributed by atoms with Gasteiger partial charge in [-0.25, -0.2) is 15.0 Å². The molecule has 4 rings (SSSR count). The van der Waals surface area contributed by atoms with E-state index in [1.54, 1.807) is 49.6 Å². The number of fused-ring (bicyclic) bond motifs is 1. The minimum atomic E-state index is -0.465. The summed E-state index contributed by atoms with van der Waals surface area (Å²) in [5.74, 6) is 1.43. The molecule has 0 saturated heterocycles. The number of nitrogen functional groups attached to an aromatic ring is 1. The Bertz CT molecular complexity index is 1310. The summed E-state index contributed by atoms with van der Waals surface area (Å²) in [5, 5.41) is 4.05. The third-order valence-corrected chi connectivity index (χ3v) is 5.19. The highest BCUT2D eigenvalue weighted by Gasteiger charge is 2.21. The monoisotopic (exact) mass is 441 g/mol. The van der Waals surface area contributed by atoms with Gasteiger partial charge in [0.05, 0.1) is 33.9 Å². The van der Waals surface area contributed by atoms with Crippen LogP contribution in [0.1, 0.15) is 24.6 Å². The predicted molar refractivity (Wildman–Crippen MR) is 118 cm³/mol. The summed E-state index contributed by atoms with van der Waals surface area (Å²) in [6.07, 6.45) is 3.21. The van der Waals surface area contributed by atoms with Crippen LogP contribution in [0.15, 0.2) is 47.5 Å². The maximum absolute atomic E-state index is 13.4. The van der Waals surface area contributed by atoms with Crippen LogP contribution < -0.4 is 16.6 Å². The average Bonchev–Trinajstić information content (AvgIpc) is 2.72. The summed E-state index contributed by atoms with van der Waals surface area (Å²) in [5.41, 5.74) is 6.60. The van der Waals surface area contributed by atoms with Gasteiger partial charge in [0, 0.05) is 6.20 Å². The molecule has 3 heterocycles. The highest BCUT2D eigenvalue weighted by molar-refractivity contribution is 6.35. The molecule has 1 atom stereocenters. The summed E-state index contributed by atoms with van der Waals surface area (Å²) >= 11 is 12.6. The molecule has 0 bridgehead atoms. The fraction of sp³-hybridized carbons (Fsp3) is 0.150. The molecule has 1 aromatic carbocycles. The van der Waals surface area contributed by atoms with Crippen LogP contribution in [-0.2, 0) is 0 Å². The Morgan fingerprint density at radius 1 is 1.13 bits per heavy atom. The molecular weight excluding hydrogens is 425 g/mol. The topological polar surface area (TPSA) is 112 Å². The standard InChI is InChI=1S/C20H17Cl2N7O/c1-10(25-18-16(22)17(23)26-11(2)27-18)19-28-14-7-3-6-13(21)15(14)20(30)29(19)12-5-4-8-24-9-12/h3-10H,1-2H3,(H3,23,25,26,27)/t10-/m0/s1. The van der Waals surface area contributed by atoms with Gasteiger partial charge in [-0.1, -0.05) is 29.3 Å². The zero-order valence-electron chi connectivity index (χ0n) is 16.1. The molecule has 152 valence electrons. The van der Waals surface area contributed by atoms with E-state index in [1.807, 2.05) is 6.92 Å². The van der Waals surface area contributed by atoms with Gasteiger partial charge in [0.1, 0.15) is 22.5 Å². The van der Waals surface area contributed by atoms with Crippen molar-refractivity contribution in [2.75, 3.05) is 11.1 Å². The highest BCUT2D eigenvalue weighted by Crippen LogP contribution is 2.29. The first-order chi connectivity index (χ1) is 14.4. The van der Waals surface area contributed by atoms with E-state index in [9.17, 15) is 4.79 Å². The Labute approximate surface area is 181 Å². The molecule has 10 heteroatoms. The third-order valence-electron chi connectivity index (χ3n) is 4.51. The van der Waals surface area contributed by atoms with E-state index in [2.05, 4.69) is 20.3 Å². The average molecular weight is 442 g/mol. The second-order valence-electron chi connectivity index (χ2n) is 6.64. The molecule has 0 aliphatic heterocycles. The number of rotatable bonds is 4. The van der Waals surface area contributed by atoms with Crippen LogP contribution in [0, 0.1) is 6.92 Å². The lowest BCUT2D eigenvalue weighted by Gasteiger charge is -2.21. The van der Waals surface area contributed by atoms with Crippen LogP contribution in [0.2, 0.25) is 10.0 Å². The first kappa shape index (κ1) is 20.1. The number of pyridine rings is 1. The number of anilines is 2. The van der Waals surface area contributed by atoms with Crippen LogP contribution in [0.3, 0.4) is 0 Å². The Hall–Kier alpha value is -3.23. The lowest BCUT2D eigenvalue weighted by Crippen LogP contribution is -2.27. The lowest BCUT2D eigenvalue weighted by atomic mass is 10.2. The molecule has 0 fully saturated rings. The van der Waals surface area contributed by atoms with Crippen LogP contribution in [0.25, 0.3) is 16.6 Å². The van der Waals surface area contributed by atoms with Gasteiger partial charge in [0.2, 0.25) is 0 Å². The molecular formula is C20H17Cl2N7O. The summed E-state index contributed by atoms with van der Waals surface area (Å²) in [6, 6.07) is 8.20. The van der Waals surface area contributed by atoms with Gasteiger partial charge in [-0.3, -0.25) is 14.3 Å². The molecule has 3 N–H and O–H groups in total. The van der Waals surface area contributed by atoms with Gasteiger partial charge in [0.15, 0.2) is 5.82 Å². The Morgan fingerprint density at radius 3 is 2.67 bits per heavy atom. The number of nitrogens with one attached hydrogen (secondary N) is 1. The van der Waals surface area contributed by atoms with Crippen molar-refractivity contribution in [3.05, 3.63) is 74.8 Å². The maximum atomic E-state index is 13.4. The van der Waals surface area contributed by atoms with Gasteiger partial charge in [-0.05, 0) is 38.1 Å². The summed E-state index contributed by atoms with van der Waals surface area (Å²) < 4.78 is 1.48. The summed E-state index contributed by atoms with van der Waals surface area (Å²) in [6.45, 7) is 3.55. The predicted octanol–water partition coefficient (Wildman–Crippen LogP) is 3.94.